The summed E-state index contributed by atoms with van der Waals surface area (Å²) in [5.74, 6) is 0.510. The zero-order valence-electron chi connectivity index (χ0n) is 31.3. The average Bonchev–Trinajstić information content (AvgIpc) is 3.54. The molecule has 0 aromatic heterocycles. The van der Waals surface area contributed by atoms with Crippen molar-refractivity contribution in [2.75, 3.05) is 24.5 Å². The third kappa shape index (κ3) is 5.55. The van der Waals surface area contributed by atoms with Gasteiger partial charge < -0.3 is 20.4 Å². The minimum atomic E-state index is -0.886. The number of para-hydroxylation sites is 1. The number of carboxylic acid groups (broad SMARTS) is 2. The molecule has 274 valence electrons. The smallest absolute Gasteiger partial charge is 0.335 e. The molecule has 2 aromatic rings. The Hall–Kier alpha value is -3.61. The largest absolute Gasteiger partial charge is 0.480 e. The van der Waals surface area contributed by atoms with Crippen LogP contribution in [0, 0.1) is 50.7 Å². The van der Waals surface area contributed by atoms with E-state index in [9.17, 15) is 24.6 Å². The molecule has 3 N–H and O–H groups in total. The first-order valence-corrected chi connectivity index (χ1v) is 19.5. The molecule has 0 radical (unpaired) electrons. The summed E-state index contributed by atoms with van der Waals surface area (Å²) >= 11 is 0. The molecule has 0 heterocycles. The molecule has 1 amide bonds. The molecule has 51 heavy (non-hydrogen) atoms. The van der Waals surface area contributed by atoms with Crippen LogP contribution in [-0.2, 0) is 9.59 Å². The molecule has 0 bridgehead atoms. The van der Waals surface area contributed by atoms with Crippen LogP contribution in [0.2, 0.25) is 0 Å². The zero-order chi connectivity index (χ0) is 36.4. The van der Waals surface area contributed by atoms with Crippen molar-refractivity contribution in [1.82, 2.24) is 5.32 Å². The number of carboxylic acids is 2. The molecule has 7 rings (SSSR count). The SMILES string of the molecule is CC1(C)C(c2ccc(C(=O)O)cc2)=CC[C@]2(C)[C@H]3CC[C@@H]4[C@H]5CCC[C@]5(C(=O)NCCN(CC(=O)O)c5ccccc5)CC[C@@]4(C)[C@]3(C)CC[C@@H]12. The molecule has 4 fully saturated rings. The maximum atomic E-state index is 14.3. The van der Waals surface area contributed by atoms with E-state index in [1.807, 2.05) is 47.4 Å². The van der Waals surface area contributed by atoms with E-state index < -0.39 is 11.9 Å². The van der Waals surface area contributed by atoms with E-state index in [1.165, 1.54) is 31.3 Å². The number of hydrogen-bond acceptors (Lipinski definition) is 4. The number of fused-ring (bicyclic) bond motifs is 7. The average molecular weight is 695 g/mol. The molecule has 0 spiro atoms. The molecule has 0 unspecified atom stereocenters. The molecular formula is C44H58N2O5. The van der Waals surface area contributed by atoms with E-state index in [0.29, 0.717) is 42.3 Å². The van der Waals surface area contributed by atoms with Crippen LogP contribution in [0.1, 0.15) is 115 Å². The molecule has 7 heteroatoms. The highest BCUT2D eigenvalue weighted by atomic mass is 16.4. The van der Waals surface area contributed by atoms with E-state index in [0.717, 1.165) is 49.8 Å². The van der Waals surface area contributed by atoms with Crippen LogP contribution >= 0.6 is 0 Å². The van der Waals surface area contributed by atoms with Crippen molar-refractivity contribution >= 4 is 29.1 Å². The van der Waals surface area contributed by atoms with Crippen molar-refractivity contribution in [2.24, 2.45) is 50.7 Å². The fourth-order valence-corrected chi connectivity index (χ4v) is 13.4. The summed E-state index contributed by atoms with van der Waals surface area (Å²) < 4.78 is 0. The van der Waals surface area contributed by atoms with Crippen LogP contribution in [0.4, 0.5) is 5.69 Å². The summed E-state index contributed by atoms with van der Waals surface area (Å²) in [7, 11) is 0. The lowest BCUT2D eigenvalue weighted by Crippen LogP contribution is -2.66. The molecule has 5 aliphatic rings. The molecular weight excluding hydrogens is 636 g/mol. The van der Waals surface area contributed by atoms with Crippen molar-refractivity contribution in [3.8, 4) is 0 Å². The Bertz CT molecular complexity index is 1700. The summed E-state index contributed by atoms with van der Waals surface area (Å²) in [6.07, 6.45) is 13.6. The van der Waals surface area contributed by atoms with E-state index >= 15 is 0 Å². The maximum absolute atomic E-state index is 14.3. The topological polar surface area (TPSA) is 107 Å². The van der Waals surface area contributed by atoms with Crippen LogP contribution in [0.3, 0.4) is 0 Å². The summed E-state index contributed by atoms with van der Waals surface area (Å²) in [5.41, 5.74) is 3.90. The number of rotatable bonds is 9. The number of amides is 1. The highest BCUT2D eigenvalue weighted by Gasteiger charge is 2.70. The van der Waals surface area contributed by atoms with Gasteiger partial charge in [0.2, 0.25) is 5.91 Å². The Morgan fingerprint density at radius 1 is 0.784 bits per heavy atom. The number of aromatic carboxylic acids is 1. The van der Waals surface area contributed by atoms with Crippen molar-refractivity contribution in [2.45, 2.75) is 98.8 Å². The lowest BCUT2D eigenvalue weighted by atomic mass is 9.32. The van der Waals surface area contributed by atoms with Gasteiger partial charge in [0, 0.05) is 18.8 Å². The van der Waals surface area contributed by atoms with Gasteiger partial charge in [-0.25, -0.2) is 4.79 Å². The van der Waals surface area contributed by atoms with Gasteiger partial charge in [0.05, 0.1) is 11.0 Å². The predicted octanol–water partition coefficient (Wildman–Crippen LogP) is 8.94. The number of nitrogens with one attached hydrogen (secondary N) is 1. The summed E-state index contributed by atoms with van der Waals surface area (Å²) in [6, 6.07) is 17.1. The number of anilines is 1. The van der Waals surface area contributed by atoms with Crippen molar-refractivity contribution in [1.29, 1.82) is 0 Å². The Morgan fingerprint density at radius 3 is 2.20 bits per heavy atom. The van der Waals surface area contributed by atoms with Crippen LogP contribution in [-0.4, -0.2) is 47.7 Å². The van der Waals surface area contributed by atoms with Crippen LogP contribution in [0.5, 0.6) is 0 Å². The molecule has 0 saturated heterocycles. The molecule has 7 nitrogen and oxygen atoms in total. The van der Waals surface area contributed by atoms with Gasteiger partial charge in [-0.15, -0.1) is 0 Å². The first kappa shape index (κ1) is 35.8. The number of aliphatic carboxylic acids is 1. The number of benzene rings is 2. The fourth-order valence-electron chi connectivity index (χ4n) is 13.4. The molecule has 8 atom stereocenters. The second-order valence-corrected chi connectivity index (χ2v) is 18.2. The zero-order valence-corrected chi connectivity index (χ0v) is 31.3. The van der Waals surface area contributed by atoms with Gasteiger partial charge in [-0.05, 0) is 139 Å². The minimum absolute atomic E-state index is 0.0252. The van der Waals surface area contributed by atoms with Gasteiger partial charge in [0.1, 0.15) is 6.54 Å². The summed E-state index contributed by atoms with van der Waals surface area (Å²) in [5, 5.41) is 22.4. The summed E-state index contributed by atoms with van der Waals surface area (Å²) in [6.45, 7) is 13.5. The Labute approximate surface area is 304 Å². The molecule has 4 saturated carbocycles. The lowest BCUT2D eigenvalue weighted by Gasteiger charge is -2.72. The normalized spacial score (nSPS) is 36.4. The van der Waals surface area contributed by atoms with Gasteiger partial charge in [0.15, 0.2) is 0 Å². The van der Waals surface area contributed by atoms with E-state index in [2.05, 4.69) is 46.0 Å². The van der Waals surface area contributed by atoms with Gasteiger partial charge >= 0.3 is 11.9 Å². The van der Waals surface area contributed by atoms with Crippen LogP contribution in [0.25, 0.3) is 5.57 Å². The summed E-state index contributed by atoms with van der Waals surface area (Å²) in [4.78, 5) is 39.3. The number of hydrogen-bond donors (Lipinski definition) is 3. The number of carbonyl (C=O) groups excluding carboxylic acids is 1. The highest BCUT2D eigenvalue weighted by molar-refractivity contribution is 5.88. The van der Waals surface area contributed by atoms with Crippen LogP contribution < -0.4 is 10.2 Å². The molecule has 5 aliphatic carbocycles. The van der Waals surface area contributed by atoms with Gasteiger partial charge in [-0.3, -0.25) is 9.59 Å². The third-order valence-corrected chi connectivity index (χ3v) is 15.9. The van der Waals surface area contributed by atoms with Gasteiger partial charge in [0.25, 0.3) is 0 Å². The van der Waals surface area contributed by atoms with Gasteiger partial charge in [-0.1, -0.05) is 77.4 Å². The molecule has 2 aromatic carbocycles. The standard InChI is InChI=1S/C44H58N2O5/c1-40(2)32(29-13-15-30(16-14-29)38(49)50)19-22-41(3)35(40)20-23-43(5)36(41)18-17-33-34-12-9-21-44(34,25-24-42(33,43)4)39(51)45-26-27-46(28-37(47)48)31-10-7-6-8-11-31/h6-8,10-11,13-16,19,33-36H,9,12,17-18,20-28H2,1-5H3,(H,45,51)(H,47,48)(H,49,50)/t33-,34-,35+,36-,41+,42-,43-,44+/m1/s1. The number of nitrogens with zero attached hydrogens (tertiary/aromatic N) is 1. The highest BCUT2D eigenvalue weighted by Crippen LogP contribution is 2.77. The monoisotopic (exact) mass is 694 g/mol. The minimum Gasteiger partial charge on any atom is -0.480 e. The quantitative estimate of drug-likeness (QED) is 0.242. The Morgan fingerprint density at radius 2 is 1.51 bits per heavy atom. The van der Waals surface area contributed by atoms with E-state index in [-0.39, 0.29) is 39.5 Å². The third-order valence-electron chi connectivity index (χ3n) is 15.9. The second-order valence-electron chi connectivity index (χ2n) is 18.2. The second kappa shape index (κ2) is 12.8. The molecule has 0 aliphatic heterocycles. The Kier molecular flexibility index (Phi) is 8.98. The number of carbonyl (C=O) groups is 3. The first-order valence-electron chi connectivity index (χ1n) is 19.5. The van der Waals surface area contributed by atoms with E-state index in [1.54, 1.807) is 12.1 Å². The van der Waals surface area contributed by atoms with Gasteiger partial charge in [-0.2, -0.15) is 0 Å². The van der Waals surface area contributed by atoms with Crippen molar-refractivity contribution < 1.29 is 24.6 Å². The Balaban J connectivity index is 1.10. The van der Waals surface area contributed by atoms with Crippen molar-refractivity contribution in [3.63, 3.8) is 0 Å². The van der Waals surface area contributed by atoms with Crippen molar-refractivity contribution in [3.05, 3.63) is 71.8 Å². The maximum Gasteiger partial charge on any atom is 0.335 e. The predicted molar refractivity (Wildman–Crippen MR) is 201 cm³/mol. The number of allylic oxidation sites excluding steroid dienone is 2. The van der Waals surface area contributed by atoms with E-state index in [4.69, 9.17) is 0 Å². The fraction of sp³-hybridized carbons (Fsp3) is 0.614. The van der Waals surface area contributed by atoms with Crippen LogP contribution in [0.15, 0.2) is 60.7 Å². The lowest BCUT2D eigenvalue weighted by molar-refractivity contribution is -0.222. The first-order chi connectivity index (χ1) is 24.2.